The lowest BCUT2D eigenvalue weighted by molar-refractivity contribution is -0.137. The molecule has 166 valence electrons. The van der Waals surface area contributed by atoms with Gasteiger partial charge >= 0.3 is 6.18 Å². The number of fused-ring (bicyclic) bond motifs is 2. The smallest absolute Gasteiger partial charge is 0.334 e. The molecular formula is C22H19F3N4O2S. The van der Waals surface area contributed by atoms with Crippen LogP contribution in [0.15, 0.2) is 59.8 Å². The van der Waals surface area contributed by atoms with Crippen molar-refractivity contribution in [1.29, 1.82) is 0 Å². The molecule has 0 unspecified atom stereocenters. The number of halogens is 3. The lowest BCUT2D eigenvalue weighted by Gasteiger charge is -2.09. The predicted octanol–water partition coefficient (Wildman–Crippen LogP) is 4.37. The zero-order chi connectivity index (χ0) is 22.7. The van der Waals surface area contributed by atoms with Gasteiger partial charge in [0, 0.05) is 42.0 Å². The van der Waals surface area contributed by atoms with Crippen LogP contribution in [0.2, 0.25) is 0 Å². The highest BCUT2D eigenvalue weighted by Crippen LogP contribution is 2.36. The fourth-order valence-corrected chi connectivity index (χ4v) is 4.86. The zero-order valence-electron chi connectivity index (χ0n) is 17.0. The Hall–Kier alpha value is -3.11. The third-order valence-corrected chi connectivity index (χ3v) is 7.17. The van der Waals surface area contributed by atoms with Gasteiger partial charge in [-0.2, -0.15) is 13.2 Å². The van der Waals surface area contributed by atoms with Crippen LogP contribution in [-0.2, 0) is 29.2 Å². The van der Waals surface area contributed by atoms with Gasteiger partial charge in [-0.3, -0.25) is 0 Å². The maximum absolute atomic E-state index is 13.0. The van der Waals surface area contributed by atoms with Gasteiger partial charge in [0.05, 0.1) is 21.7 Å². The molecule has 0 fully saturated rings. The molecule has 1 aliphatic rings. The minimum atomic E-state index is -4.42. The van der Waals surface area contributed by atoms with Crippen LogP contribution in [0.3, 0.4) is 0 Å². The molecule has 10 heteroatoms. The second-order valence-corrected chi connectivity index (χ2v) is 9.57. The Labute approximate surface area is 182 Å². The highest BCUT2D eigenvalue weighted by molar-refractivity contribution is 7.89. The van der Waals surface area contributed by atoms with Crippen LogP contribution in [0.4, 0.5) is 13.2 Å². The standard InChI is InChI=1S/C22H19F3N4O2S/c1-26-32(30,31)16-8-9-20-17(11-16)18(19-13-28-10-2-3-21(28)27-19)12-29(20)15-6-4-14(5-7-15)22(23,24)25/h4-9,11-13,26H,2-3,10H2,1H3. The number of sulfonamides is 1. The minimum Gasteiger partial charge on any atom is -0.334 e. The van der Waals surface area contributed by atoms with Gasteiger partial charge in [-0.1, -0.05) is 0 Å². The minimum absolute atomic E-state index is 0.102. The first kappa shape index (κ1) is 20.8. The molecule has 3 heterocycles. The Morgan fingerprint density at radius 3 is 2.47 bits per heavy atom. The molecule has 0 bridgehead atoms. The van der Waals surface area contributed by atoms with E-state index in [0.29, 0.717) is 22.3 Å². The quantitative estimate of drug-likeness (QED) is 0.492. The van der Waals surface area contributed by atoms with E-state index in [2.05, 4.69) is 9.29 Å². The Morgan fingerprint density at radius 1 is 1.06 bits per heavy atom. The Morgan fingerprint density at radius 2 is 1.81 bits per heavy atom. The van der Waals surface area contributed by atoms with Crippen molar-refractivity contribution in [3.05, 3.63) is 66.2 Å². The van der Waals surface area contributed by atoms with Gasteiger partial charge in [0.15, 0.2) is 0 Å². The van der Waals surface area contributed by atoms with Crippen LogP contribution < -0.4 is 4.72 Å². The number of hydrogen-bond donors (Lipinski definition) is 1. The summed E-state index contributed by atoms with van der Waals surface area (Å²) in [6, 6.07) is 9.57. The van der Waals surface area contributed by atoms with E-state index in [4.69, 9.17) is 4.98 Å². The summed E-state index contributed by atoms with van der Waals surface area (Å²) in [5.74, 6) is 0.967. The molecule has 0 saturated carbocycles. The van der Waals surface area contributed by atoms with Gasteiger partial charge in [0.1, 0.15) is 5.82 Å². The van der Waals surface area contributed by atoms with E-state index in [1.807, 2.05) is 6.20 Å². The fourth-order valence-electron chi connectivity index (χ4n) is 4.11. The number of nitrogens with zero attached hydrogens (tertiary/aromatic N) is 3. The van der Waals surface area contributed by atoms with E-state index in [1.54, 1.807) is 22.9 Å². The predicted molar refractivity (Wildman–Crippen MR) is 114 cm³/mol. The molecule has 0 spiro atoms. The number of imidazole rings is 1. The maximum Gasteiger partial charge on any atom is 0.416 e. The van der Waals surface area contributed by atoms with Gasteiger partial charge in [0.2, 0.25) is 10.0 Å². The number of benzene rings is 2. The van der Waals surface area contributed by atoms with Crippen molar-refractivity contribution >= 4 is 20.9 Å². The molecule has 0 saturated heterocycles. The molecule has 0 aliphatic carbocycles. The molecular weight excluding hydrogens is 441 g/mol. The molecule has 1 aliphatic heterocycles. The van der Waals surface area contributed by atoms with Crippen molar-refractivity contribution in [3.8, 4) is 16.9 Å². The van der Waals surface area contributed by atoms with Crippen LogP contribution in [0.1, 0.15) is 17.8 Å². The lowest BCUT2D eigenvalue weighted by atomic mass is 10.1. The highest BCUT2D eigenvalue weighted by atomic mass is 32.2. The molecule has 0 radical (unpaired) electrons. The Kier molecular flexibility index (Phi) is 4.68. The number of hydrogen-bond acceptors (Lipinski definition) is 3. The van der Waals surface area contributed by atoms with Crippen LogP contribution in [0, 0.1) is 0 Å². The number of alkyl halides is 3. The summed E-state index contributed by atoms with van der Waals surface area (Å²) in [7, 11) is -2.33. The summed E-state index contributed by atoms with van der Waals surface area (Å²) in [5, 5.41) is 0.651. The van der Waals surface area contributed by atoms with Gasteiger partial charge < -0.3 is 9.13 Å². The number of aromatic nitrogens is 3. The molecule has 0 atom stereocenters. The molecule has 6 nitrogen and oxygen atoms in total. The van der Waals surface area contributed by atoms with Crippen molar-refractivity contribution in [2.24, 2.45) is 0 Å². The second-order valence-electron chi connectivity index (χ2n) is 7.68. The van der Waals surface area contributed by atoms with Gasteiger partial charge in [-0.05, 0) is 55.9 Å². The molecule has 4 aromatic rings. The van der Waals surface area contributed by atoms with E-state index >= 15 is 0 Å². The molecule has 0 amide bonds. The second kappa shape index (κ2) is 7.21. The van der Waals surface area contributed by atoms with E-state index in [9.17, 15) is 21.6 Å². The van der Waals surface area contributed by atoms with Crippen molar-refractivity contribution < 1.29 is 21.6 Å². The Bertz CT molecular complexity index is 1410. The first-order chi connectivity index (χ1) is 15.2. The Balaban J connectivity index is 1.71. The van der Waals surface area contributed by atoms with E-state index < -0.39 is 21.8 Å². The topological polar surface area (TPSA) is 68.9 Å². The van der Waals surface area contributed by atoms with E-state index in [1.165, 1.54) is 25.2 Å². The van der Waals surface area contributed by atoms with Crippen molar-refractivity contribution in [1.82, 2.24) is 18.8 Å². The molecule has 2 aromatic heterocycles. The summed E-state index contributed by atoms with van der Waals surface area (Å²) < 4.78 is 69.8. The van der Waals surface area contributed by atoms with Crippen LogP contribution in [0.25, 0.3) is 27.8 Å². The fraction of sp³-hybridized carbons (Fsp3) is 0.227. The van der Waals surface area contributed by atoms with Gasteiger partial charge in [-0.15, -0.1) is 0 Å². The zero-order valence-corrected chi connectivity index (χ0v) is 17.8. The normalized spacial score (nSPS) is 14.2. The number of rotatable bonds is 4. The summed E-state index contributed by atoms with van der Waals surface area (Å²) in [6.07, 6.45) is 1.21. The number of aryl methyl sites for hydroxylation is 2. The third kappa shape index (κ3) is 3.39. The van der Waals surface area contributed by atoms with Gasteiger partial charge in [-0.25, -0.2) is 18.1 Å². The van der Waals surface area contributed by atoms with E-state index in [-0.39, 0.29) is 4.90 Å². The molecule has 32 heavy (non-hydrogen) atoms. The lowest BCUT2D eigenvalue weighted by Crippen LogP contribution is -2.18. The first-order valence-corrected chi connectivity index (χ1v) is 11.5. The van der Waals surface area contributed by atoms with Crippen molar-refractivity contribution in [3.63, 3.8) is 0 Å². The largest absolute Gasteiger partial charge is 0.416 e. The summed E-state index contributed by atoms with van der Waals surface area (Å²) >= 11 is 0. The third-order valence-electron chi connectivity index (χ3n) is 5.76. The van der Waals surface area contributed by atoms with Crippen LogP contribution >= 0.6 is 0 Å². The molecule has 5 rings (SSSR count). The van der Waals surface area contributed by atoms with Crippen LogP contribution in [-0.4, -0.2) is 29.6 Å². The number of nitrogens with one attached hydrogen (secondary N) is 1. The van der Waals surface area contributed by atoms with E-state index in [0.717, 1.165) is 42.9 Å². The highest BCUT2D eigenvalue weighted by Gasteiger charge is 2.30. The molecule has 1 N–H and O–H groups in total. The summed E-state index contributed by atoms with van der Waals surface area (Å²) in [4.78, 5) is 4.81. The summed E-state index contributed by atoms with van der Waals surface area (Å²) in [6.45, 7) is 0.874. The first-order valence-electron chi connectivity index (χ1n) is 10.00. The van der Waals surface area contributed by atoms with Crippen molar-refractivity contribution in [2.75, 3.05) is 7.05 Å². The SMILES string of the molecule is CNS(=O)(=O)c1ccc2c(c1)c(-c1cn3c(n1)CCC3)cn2-c1ccc(C(F)(F)F)cc1. The average Bonchev–Trinajstić information content (AvgIpc) is 3.45. The molecule has 2 aromatic carbocycles. The van der Waals surface area contributed by atoms with Crippen LogP contribution in [0.5, 0.6) is 0 Å². The van der Waals surface area contributed by atoms with Gasteiger partial charge in [0.25, 0.3) is 0 Å². The maximum atomic E-state index is 13.0. The summed E-state index contributed by atoms with van der Waals surface area (Å²) in [5.41, 5.74) is 1.89. The monoisotopic (exact) mass is 460 g/mol. The van der Waals surface area contributed by atoms with Crippen molar-refractivity contribution in [2.45, 2.75) is 30.5 Å². The average molecular weight is 460 g/mol.